The Kier molecular flexibility index (Phi) is 7.18. The second-order valence-electron chi connectivity index (χ2n) is 6.06. The summed E-state index contributed by atoms with van der Waals surface area (Å²) in [5, 5.41) is 5.75. The molecule has 3 nitrogen and oxygen atoms in total. The van der Waals surface area contributed by atoms with Crippen molar-refractivity contribution in [2.75, 3.05) is 13.1 Å². The van der Waals surface area contributed by atoms with Crippen LogP contribution >= 0.6 is 0 Å². The lowest BCUT2D eigenvalue weighted by Gasteiger charge is -2.18. The van der Waals surface area contributed by atoms with Gasteiger partial charge in [-0.25, -0.2) is 4.79 Å². The summed E-state index contributed by atoms with van der Waals surface area (Å²) in [5.74, 6) is 0.759. The van der Waals surface area contributed by atoms with Gasteiger partial charge in [-0.3, -0.25) is 0 Å². The van der Waals surface area contributed by atoms with Gasteiger partial charge in [0.15, 0.2) is 0 Å². The Bertz CT molecular complexity index is 195. The summed E-state index contributed by atoms with van der Waals surface area (Å²) in [7, 11) is 0. The number of hydrogen-bond donors (Lipinski definition) is 2. The Morgan fingerprint density at radius 1 is 1.12 bits per heavy atom. The van der Waals surface area contributed by atoms with Crippen molar-refractivity contribution in [3.63, 3.8) is 0 Å². The van der Waals surface area contributed by atoms with Crippen LogP contribution in [0.4, 0.5) is 4.79 Å². The number of nitrogens with one attached hydrogen (secondary N) is 2. The Morgan fingerprint density at radius 2 is 1.75 bits per heavy atom. The molecule has 2 N–H and O–H groups in total. The van der Waals surface area contributed by atoms with Crippen LogP contribution in [0.3, 0.4) is 0 Å². The SMILES string of the molecule is CC(C)CCCCNC(=O)NCC(C)(C)C. The van der Waals surface area contributed by atoms with E-state index in [9.17, 15) is 4.79 Å². The second kappa shape index (κ2) is 7.53. The molecule has 0 radical (unpaired) electrons. The van der Waals surface area contributed by atoms with Crippen LogP contribution in [-0.2, 0) is 0 Å². The van der Waals surface area contributed by atoms with E-state index in [0.717, 1.165) is 18.9 Å². The molecule has 16 heavy (non-hydrogen) atoms. The Morgan fingerprint density at radius 3 is 2.25 bits per heavy atom. The minimum Gasteiger partial charge on any atom is -0.338 e. The largest absolute Gasteiger partial charge is 0.338 e. The standard InChI is InChI=1S/C13H28N2O/c1-11(2)8-6-7-9-14-12(16)15-10-13(3,4)5/h11H,6-10H2,1-5H3,(H2,14,15,16). The summed E-state index contributed by atoms with van der Waals surface area (Å²) in [6.45, 7) is 12.3. The highest BCUT2D eigenvalue weighted by Gasteiger charge is 2.11. The Balaban J connectivity index is 3.38. The molecule has 0 bridgehead atoms. The summed E-state index contributed by atoms with van der Waals surface area (Å²) in [5.41, 5.74) is 0.148. The lowest BCUT2D eigenvalue weighted by Crippen LogP contribution is -2.40. The van der Waals surface area contributed by atoms with Crippen molar-refractivity contribution in [3.05, 3.63) is 0 Å². The molecule has 0 aliphatic heterocycles. The summed E-state index contributed by atoms with van der Waals surface area (Å²) in [6, 6.07) is -0.0422. The molecule has 0 atom stereocenters. The van der Waals surface area contributed by atoms with E-state index in [2.05, 4.69) is 45.3 Å². The maximum atomic E-state index is 11.4. The Labute approximate surface area is 100 Å². The van der Waals surface area contributed by atoms with Crippen LogP contribution in [0.2, 0.25) is 0 Å². The summed E-state index contributed by atoms with van der Waals surface area (Å²) in [4.78, 5) is 11.4. The molecule has 0 saturated heterocycles. The normalized spacial score (nSPS) is 11.6. The number of amides is 2. The second-order valence-corrected chi connectivity index (χ2v) is 6.06. The van der Waals surface area contributed by atoms with E-state index in [-0.39, 0.29) is 11.4 Å². The lowest BCUT2D eigenvalue weighted by molar-refractivity contribution is 0.235. The van der Waals surface area contributed by atoms with E-state index < -0.39 is 0 Å². The van der Waals surface area contributed by atoms with Crippen molar-refractivity contribution < 1.29 is 4.79 Å². The molecule has 0 aromatic carbocycles. The van der Waals surface area contributed by atoms with Gasteiger partial charge < -0.3 is 10.6 Å². The molecule has 0 unspecified atom stereocenters. The zero-order valence-corrected chi connectivity index (χ0v) is 11.5. The van der Waals surface area contributed by atoms with Crippen LogP contribution in [-0.4, -0.2) is 19.1 Å². The highest BCUT2D eigenvalue weighted by molar-refractivity contribution is 5.73. The van der Waals surface area contributed by atoms with Crippen LogP contribution < -0.4 is 10.6 Å². The maximum absolute atomic E-state index is 11.4. The first kappa shape index (κ1) is 15.3. The first-order valence-electron chi connectivity index (χ1n) is 6.33. The number of urea groups is 1. The van der Waals surface area contributed by atoms with E-state index in [4.69, 9.17) is 0 Å². The minimum atomic E-state index is -0.0422. The molecule has 96 valence electrons. The van der Waals surface area contributed by atoms with E-state index in [0.29, 0.717) is 6.54 Å². The van der Waals surface area contributed by atoms with Gasteiger partial charge in [0.05, 0.1) is 0 Å². The maximum Gasteiger partial charge on any atom is 0.314 e. The van der Waals surface area contributed by atoms with Crippen molar-refractivity contribution in [1.82, 2.24) is 10.6 Å². The molecule has 3 heteroatoms. The fraction of sp³-hybridized carbons (Fsp3) is 0.923. The summed E-state index contributed by atoms with van der Waals surface area (Å²) in [6.07, 6.45) is 3.50. The molecule has 0 aromatic rings. The smallest absolute Gasteiger partial charge is 0.314 e. The highest BCUT2D eigenvalue weighted by Crippen LogP contribution is 2.09. The van der Waals surface area contributed by atoms with Gasteiger partial charge in [0.25, 0.3) is 0 Å². The zero-order valence-electron chi connectivity index (χ0n) is 11.5. The molecule has 0 aliphatic rings. The Hall–Kier alpha value is -0.730. The fourth-order valence-electron chi connectivity index (χ4n) is 1.29. The predicted molar refractivity (Wildman–Crippen MR) is 69.5 cm³/mol. The molecule has 0 heterocycles. The summed E-state index contributed by atoms with van der Waals surface area (Å²) >= 11 is 0. The average molecular weight is 228 g/mol. The molecule has 0 rings (SSSR count). The first-order valence-corrected chi connectivity index (χ1v) is 6.33. The van der Waals surface area contributed by atoms with Crippen molar-refractivity contribution >= 4 is 6.03 Å². The number of rotatable bonds is 6. The molecular formula is C13H28N2O. The fourth-order valence-corrected chi connectivity index (χ4v) is 1.29. The molecule has 2 amide bonds. The predicted octanol–water partition coefficient (Wildman–Crippen LogP) is 3.16. The molecule has 0 spiro atoms. The summed E-state index contributed by atoms with van der Waals surface area (Å²) < 4.78 is 0. The van der Waals surface area contributed by atoms with E-state index in [1.807, 2.05) is 0 Å². The van der Waals surface area contributed by atoms with Crippen molar-refractivity contribution in [1.29, 1.82) is 0 Å². The molecule has 0 aromatic heterocycles. The van der Waals surface area contributed by atoms with Gasteiger partial charge in [-0.1, -0.05) is 47.5 Å². The zero-order chi connectivity index (χ0) is 12.6. The third-order valence-electron chi connectivity index (χ3n) is 2.27. The van der Waals surface area contributed by atoms with Crippen molar-refractivity contribution in [2.24, 2.45) is 11.3 Å². The van der Waals surface area contributed by atoms with Gasteiger partial charge in [0.2, 0.25) is 0 Å². The minimum absolute atomic E-state index is 0.0422. The average Bonchev–Trinajstić information content (AvgIpc) is 2.12. The molecule has 0 saturated carbocycles. The van der Waals surface area contributed by atoms with Crippen LogP contribution in [0.5, 0.6) is 0 Å². The van der Waals surface area contributed by atoms with Gasteiger partial charge in [0, 0.05) is 13.1 Å². The topological polar surface area (TPSA) is 41.1 Å². The monoisotopic (exact) mass is 228 g/mol. The highest BCUT2D eigenvalue weighted by atomic mass is 16.2. The van der Waals surface area contributed by atoms with Crippen LogP contribution in [0, 0.1) is 11.3 Å². The lowest BCUT2D eigenvalue weighted by atomic mass is 9.97. The van der Waals surface area contributed by atoms with Gasteiger partial charge in [-0.2, -0.15) is 0 Å². The van der Waals surface area contributed by atoms with E-state index in [1.54, 1.807) is 0 Å². The van der Waals surface area contributed by atoms with Crippen LogP contribution in [0.25, 0.3) is 0 Å². The van der Waals surface area contributed by atoms with Crippen molar-refractivity contribution in [2.45, 2.75) is 53.9 Å². The number of unbranched alkanes of at least 4 members (excludes halogenated alkanes) is 1. The third-order valence-corrected chi connectivity index (χ3v) is 2.27. The van der Waals surface area contributed by atoms with E-state index in [1.165, 1.54) is 12.8 Å². The van der Waals surface area contributed by atoms with Gasteiger partial charge >= 0.3 is 6.03 Å². The van der Waals surface area contributed by atoms with Gasteiger partial charge in [0.1, 0.15) is 0 Å². The quantitative estimate of drug-likeness (QED) is 0.674. The first-order chi connectivity index (χ1) is 7.31. The number of hydrogen-bond acceptors (Lipinski definition) is 1. The van der Waals surface area contributed by atoms with E-state index >= 15 is 0 Å². The van der Waals surface area contributed by atoms with Crippen LogP contribution in [0.1, 0.15) is 53.9 Å². The van der Waals surface area contributed by atoms with Gasteiger partial charge in [-0.05, 0) is 17.8 Å². The molecule has 0 fully saturated rings. The number of carbonyl (C=O) groups is 1. The van der Waals surface area contributed by atoms with Crippen molar-refractivity contribution in [3.8, 4) is 0 Å². The number of carbonyl (C=O) groups excluding carboxylic acids is 1. The molecule has 0 aliphatic carbocycles. The molecular weight excluding hydrogens is 200 g/mol. The van der Waals surface area contributed by atoms with Crippen LogP contribution in [0.15, 0.2) is 0 Å². The third kappa shape index (κ3) is 11.3. The van der Waals surface area contributed by atoms with Gasteiger partial charge in [-0.15, -0.1) is 0 Å².